The van der Waals surface area contributed by atoms with Gasteiger partial charge >= 0.3 is 12.6 Å². The summed E-state index contributed by atoms with van der Waals surface area (Å²) in [6, 6.07) is 4.94. The van der Waals surface area contributed by atoms with Crippen LogP contribution in [0.15, 0.2) is 35.5 Å². The molecule has 0 spiro atoms. The summed E-state index contributed by atoms with van der Waals surface area (Å²) in [5, 5.41) is 5.25. The fourth-order valence-corrected chi connectivity index (χ4v) is 2.86. The second-order valence-corrected chi connectivity index (χ2v) is 5.12. The van der Waals surface area contributed by atoms with Crippen molar-refractivity contribution in [2.24, 2.45) is 0 Å². The third kappa shape index (κ3) is 2.66. The molecule has 0 radical (unpaired) electrons. The zero-order valence-corrected chi connectivity index (χ0v) is 11.6. The molecule has 1 aromatic carbocycles. The van der Waals surface area contributed by atoms with Gasteiger partial charge in [0.15, 0.2) is 5.78 Å². The molecule has 0 saturated carbocycles. The average molecular weight is 308 g/mol. The van der Waals surface area contributed by atoms with Crippen molar-refractivity contribution in [1.29, 1.82) is 0 Å². The molecular weight excluding hydrogens is 294 g/mol. The normalized spacial score (nSPS) is 21.3. The number of benzene rings is 1. The lowest BCUT2D eigenvalue weighted by atomic mass is 9.85. The Hall–Kier alpha value is -2.44. The van der Waals surface area contributed by atoms with Gasteiger partial charge in [-0.2, -0.15) is 8.78 Å². The highest BCUT2D eigenvalue weighted by Crippen LogP contribution is 2.37. The number of alkyl halides is 2. The third-order valence-corrected chi connectivity index (χ3v) is 3.73. The molecule has 0 unspecified atom stereocenters. The molecule has 2 aliphatic rings. The number of halogens is 2. The van der Waals surface area contributed by atoms with Crippen molar-refractivity contribution in [2.75, 3.05) is 0 Å². The molecule has 1 heterocycles. The lowest BCUT2D eigenvalue weighted by Crippen LogP contribution is -2.46. The SMILES string of the molecule is O=C1NC2=C(C(=O)CCC2)[C@@H](c2ccccc2OC(F)F)N1. The van der Waals surface area contributed by atoms with E-state index >= 15 is 0 Å². The minimum absolute atomic E-state index is 0.0464. The Labute approximate surface area is 125 Å². The summed E-state index contributed by atoms with van der Waals surface area (Å²) in [7, 11) is 0. The van der Waals surface area contributed by atoms with Gasteiger partial charge in [-0.15, -0.1) is 0 Å². The van der Waals surface area contributed by atoms with E-state index in [4.69, 9.17) is 0 Å². The average Bonchev–Trinajstić information content (AvgIpc) is 2.46. The molecule has 2 N–H and O–H groups in total. The van der Waals surface area contributed by atoms with Crippen LogP contribution in [0.1, 0.15) is 30.9 Å². The fourth-order valence-electron chi connectivity index (χ4n) is 2.86. The first kappa shape index (κ1) is 14.5. The Morgan fingerprint density at radius 1 is 1.18 bits per heavy atom. The zero-order chi connectivity index (χ0) is 15.7. The number of hydrogen-bond acceptors (Lipinski definition) is 3. The molecule has 116 valence electrons. The smallest absolute Gasteiger partial charge is 0.387 e. The number of carbonyl (C=O) groups excluding carboxylic acids is 2. The summed E-state index contributed by atoms with van der Waals surface area (Å²) in [6.45, 7) is -2.98. The summed E-state index contributed by atoms with van der Waals surface area (Å²) in [6.07, 6.45) is 1.63. The van der Waals surface area contributed by atoms with E-state index in [1.807, 2.05) is 0 Å². The lowest BCUT2D eigenvalue weighted by Gasteiger charge is -2.32. The van der Waals surface area contributed by atoms with Gasteiger partial charge in [-0.3, -0.25) is 4.79 Å². The molecule has 1 aliphatic heterocycles. The molecule has 1 atom stereocenters. The summed E-state index contributed by atoms with van der Waals surface area (Å²) in [4.78, 5) is 24.0. The molecule has 0 bridgehead atoms. The highest BCUT2D eigenvalue weighted by Gasteiger charge is 2.35. The van der Waals surface area contributed by atoms with Gasteiger partial charge < -0.3 is 15.4 Å². The van der Waals surface area contributed by atoms with E-state index in [2.05, 4.69) is 15.4 Å². The van der Waals surface area contributed by atoms with Crippen LogP contribution >= 0.6 is 0 Å². The van der Waals surface area contributed by atoms with Crippen molar-refractivity contribution < 1.29 is 23.1 Å². The Kier molecular flexibility index (Phi) is 3.79. The number of allylic oxidation sites excluding steroid dienone is 1. The van der Waals surface area contributed by atoms with Crippen LogP contribution in [0.25, 0.3) is 0 Å². The molecule has 7 heteroatoms. The van der Waals surface area contributed by atoms with Crippen molar-refractivity contribution in [3.63, 3.8) is 0 Å². The maximum atomic E-state index is 12.6. The highest BCUT2D eigenvalue weighted by molar-refractivity contribution is 6.01. The minimum Gasteiger partial charge on any atom is -0.434 e. The number of amides is 2. The number of ketones is 1. The molecule has 3 rings (SSSR count). The topological polar surface area (TPSA) is 67.4 Å². The number of para-hydroxylation sites is 1. The van der Waals surface area contributed by atoms with Gasteiger partial charge in [-0.25, -0.2) is 4.79 Å². The zero-order valence-electron chi connectivity index (χ0n) is 11.6. The van der Waals surface area contributed by atoms with Crippen LogP contribution in [-0.4, -0.2) is 18.4 Å². The van der Waals surface area contributed by atoms with Crippen LogP contribution in [0.2, 0.25) is 0 Å². The Morgan fingerprint density at radius 2 is 1.95 bits per heavy atom. The summed E-state index contributed by atoms with van der Waals surface area (Å²) in [5.74, 6) is -0.138. The molecule has 1 aliphatic carbocycles. The molecule has 0 saturated heterocycles. The monoisotopic (exact) mass is 308 g/mol. The van der Waals surface area contributed by atoms with E-state index in [0.717, 1.165) is 0 Å². The number of Topliss-reactive ketones (excluding diaryl/α,β-unsaturated/α-hetero) is 1. The van der Waals surface area contributed by atoms with Crippen molar-refractivity contribution in [3.05, 3.63) is 41.1 Å². The van der Waals surface area contributed by atoms with Crippen LogP contribution in [-0.2, 0) is 4.79 Å². The summed E-state index contributed by atoms with van der Waals surface area (Å²) < 4.78 is 29.6. The Morgan fingerprint density at radius 3 is 2.73 bits per heavy atom. The lowest BCUT2D eigenvalue weighted by molar-refractivity contribution is -0.116. The van der Waals surface area contributed by atoms with Crippen LogP contribution in [0.3, 0.4) is 0 Å². The van der Waals surface area contributed by atoms with Gasteiger partial charge in [0.25, 0.3) is 0 Å². The predicted octanol–water partition coefficient (Wildman–Crippen LogP) is 2.65. The van der Waals surface area contributed by atoms with Gasteiger partial charge in [0.2, 0.25) is 0 Å². The number of nitrogens with one attached hydrogen (secondary N) is 2. The van der Waals surface area contributed by atoms with Crippen molar-refractivity contribution in [3.8, 4) is 5.75 Å². The largest absolute Gasteiger partial charge is 0.434 e. The summed E-state index contributed by atoms with van der Waals surface area (Å²) in [5.41, 5.74) is 1.34. The summed E-state index contributed by atoms with van der Waals surface area (Å²) >= 11 is 0. The van der Waals surface area contributed by atoms with Crippen molar-refractivity contribution in [2.45, 2.75) is 31.9 Å². The van der Waals surface area contributed by atoms with Gasteiger partial charge in [0.05, 0.1) is 6.04 Å². The second-order valence-electron chi connectivity index (χ2n) is 5.12. The number of carbonyl (C=O) groups is 2. The molecule has 0 fully saturated rings. The number of hydrogen-bond donors (Lipinski definition) is 2. The second kappa shape index (κ2) is 5.75. The van der Waals surface area contributed by atoms with E-state index in [9.17, 15) is 18.4 Å². The van der Waals surface area contributed by atoms with Gasteiger partial charge in [0.1, 0.15) is 5.75 Å². The van der Waals surface area contributed by atoms with E-state index in [1.54, 1.807) is 18.2 Å². The van der Waals surface area contributed by atoms with E-state index in [-0.39, 0.29) is 11.5 Å². The van der Waals surface area contributed by atoms with Crippen LogP contribution in [0.5, 0.6) is 5.75 Å². The van der Waals surface area contributed by atoms with E-state index < -0.39 is 18.7 Å². The number of urea groups is 1. The quantitative estimate of drug-likeness (QED) is 0.902. The van der Waals surface area contributed by atoms with Gasteiger partial charge in [-0.1, -0.05) is 18.2 Å². The highest BCUT2D eigenvalue weighted by atomic mass is 19.3. The van der Waals surface area contributed by atoms with Crippen molar-refractivity contribution in [1.82, 2.24) is 10.6 Å². The molecule has 2 amide bonds. The molecule has 1 aromatic rings. The first-order chi connectivity index (χ1) is 10.6. The van der Waals surface area contributed by atoms with Crippen LogP contribution in [0.4, 0.5) is 13.6 Å². The van der Waals surface area contributed by atoms with Crippen LogP contribution < -0.4 is 15.4 Å². The third-order valence-electron chi connectivity index (χ3n) is 3.73. The van der Waals surface area contributed by atoms with Crippen molar-refractivity contribution >= 4 is 11.8 Å². The first-order valence-corrected chi connectivity index (χ1v) is 6.93. The Bertz CT molecular complexity index is 658. The van der Waals surface area contributed by atoms with E-state index in [0.29, 0.717) is 36.1 Å². The number of ether oxygens (including phenoxy) is 1. The maximum Gasteiger partial charge on any atom is 0.387 e. The van der Waals surface area contributed by atoms with Crippen LogP contribution in [0, 0.1) is 0 Å². The molecular formula is C15H14F2N2O3. The van der Waals surface area contributed by atoms with Gasteiger partial charge in [-0.05, 0) is 18.9 Å². The predicted molar refractivity (Wildman–Crippen MR) is 73.4 cm³/mol. The first-order valence-electron chi connectivity index (χ1n) is 6.93. The fraction of sp³-hybridized carbons (Fsp3) is 0.333. The molecule has 5 nitrogen and oxygen atoms in total. The standard InChI is InChI=1S/C15H14F2N2O3/c16-14(17)22-11-7-2-1-4-8(11)13-12-9(18-15(21)19-13)5-3-6-10(12)20/h1-2,4,7,13-14H,3,5-6H2,(H2,18,19,21)/t13-/m1/s1. The van der Waals surface area contributed by atoms with E-state index in [1.165, 1.54) is 6.07 Å². The molecule has 0 aromatic heterocycles. The molecule has 22 heavy (non-hydrogen) atoms. The minimum atomic E-state index is -2.98. The maximum absolute atomic E-state index is 12.6. The Balaban J connectivity index is 2.06. The number of rotatable bonds is 3. The van der Waals surface area contributed by atoms with Gasteiger partial charge in [0, 0.05) is 23.3 Å².